The van der Waals surface area contributed by atoms with Crippen LogP contribution in [0.1, 0.15) is 32.7 Å². The Morgan fingerprint density at radius 2 is 1.65 bits per heavy atom. The molecule has 4 aromatic rings. The van der Waals surface area contributed by atoms with Gasteiger partial charge in [0.2, 0.25) is 0 Å². The zero-order valence-corrected chi connectivity index (χ0v) is 19.5. The molecule has 0 fully saturated rings. The SMILES string of the molecule is O=C(NCc1ccccc1)c1ccc(CF)cc1N(c1nsnc1Cc1ccccc1)S(=O)[O-]. The number of benzene rings is 3. The minimum Gasteiger partial charge on any atom is -0.755 e. The lowest BCUT2D eigenvalue weighted by Gasteiger charge is -2.27. The molecular formula is C24H20FN4O3S2-. The number of carbonyl (C=O) groups is 1. The third kappa shape index (κ3) is 5.53. The normalized spacial score (nSPS) is 11.7. The van der Waals surface area contributed by atoms with E-state index in [2.05, 4.69) is 14.1 Å². The van der Waals surface area contributed by atoms with Crippen LogP contribution in [0, 0.1) is 0 Å². The number of carbonyl (C=O) groups excluding carboxylic acids is 1. The molecule has 0 saturated carbocycles. The quantitative estimate of drug-likeness (QED) is 0.346. The van der Waals surface area contributed by atoms with Crippen molar-refractivity contribution in [1.82, 2.24) is 14.1 Å². The number of nitrogens with one attached hydrogen (secondary N) is 1. The maximum absolute atomic E-state index is 13.5. The van der Waals surface area contributed by atoms with Gasteiger partial charge in [-0.15, -0.1) is 0 Å². The van der Waals surface area contributed by atoms with E-state index < -0.39 is 23.8 Å². The summed E-state index contributed by atoms with van der Waals surface area (Å²) in [6.45, 7) is -0.563. The Kier molecular flexibility index (Phi) is 7.73. The Bertz CT molecular complexity index is 1290. The van der Waals surface area contributed by atoms with Crippen LogP contribution in [-0.2, 0) is 30.9 Å². The van der Waals surface area contributed by atoms with Crippen LogP contribution in [0.3, 0.4) is 0 Å². The van der Waals surface area contributed by atoms with Crippen molar-refractivity contribution in [2.24, 2.45) is 0 Å². The molecule has 0 aliphatic rings. The number of alkyl halides is 1. The molecule has 1 aromatic heterocycles. The number of aromatic nitrogens is 2. The van der Waals surface area contributed by atoms with Crippen molar-refractivity contribution in [3.8, 4) is 0 Å². The van der Waals surface area contributed by atoms with Crippen LogP contribution >= 0.6 is 11.7 Å². The van der Waals surface area contributed by atoms with E-state index in [1.165, 1.54) is 18.2 Å². The summed E-state index contributed by atoms with van der Waals surface area (Å²) in [5, 5.41) is 2.79. The Labute approximate surface area is 203 Å². The van der Waals surface area contributed by atoms with Crippen LogP contribution < -0.4 is 9.62 Å². The first-order valence-electron chi connectivity index (χ1n) is 10.3. The molecule has 1 unspecified atom stereocenters. The molecule has 1 heterocycles. The van der Waals surface area contributed by atoms with Crippen molar-refractivity contribution in [1.29, 1.82) is 0 Å². The number of anilines is 2. The van der Waals surface area contributed by atoms with E-state index >= 15 is 0 Å². The summed E-state index contributed by atoms with van der Waals surface area (Å²) in [4.78, 5) is 13.0. The van der Waals surface area contributed by atoms with Gasteiger partial charge in [-0.05, 0) is 28.8 Å². The first kappa shape index (κ1) is 23.7. The second-order valence-electron chi connectivity index (χ2n) is 7.36. The topological polar surface area (TPSA) is 98.2 Å². The van der Waals surface area contributed by atoms with Gasteiger partial charge < -0.3 is 9.87 Å². The summed E-state index contributed by atoms with van der Waals surface area (Å²) < 4.78 is 47.6. The van der Waals surface area contributed by atoms with Crippen molar-refractivity contribution in [2.45, 2.75) is 19.6 Å². The summed E-state index contributed by atoms with van der Waals surface area (Å²) in [6, 6.07) is 23.0. The van der Waals surface area contributed by atoms with Gasteiger partial charge in [0.25, 0.3) is 5.91 Å². The average molecular weight is 496 g/mol. The lowest BCUT2D eigenvalue weighted by atomic mass is 10.1. The maximum Gasteiger partial charge on any atom is 0.253 e. The largest absolute Gasteiger partial charge is 0.755 e. The minimum atomic E-state index is -2.84. The van der Waals surface area contributed by atoms with E-state index in [-0.39, 0.29) is 29.2 Å². The van der Waals surface area contributed by atoms with Gasteiger partial charge in [0.15, 0.2) is 5.82 Å². The van der Waals surface area contributed by atoms with Crippen molar-refractivity contribution in [3.05, 3.63) is 107 Å². The summed E-state index contributed by atoms with van der Waals surface area (Å²) >= 11 is -1.98. The third-order valence-electron chi connectivity index (χ3n) is 5.07. The molecule has 174 valence electrons. The Hall–Kier alpha value is -3.47. The zero-order valence-electron chi connectivity index (χ0n) is 17.9. The van der Waals surface area contributed by atoms with Gasteiger partial charge in [-0.25, -0.2) is 4.39 Å². The lowest BCUT2D eigenvalue weighted by molar-refractivity contribution is 0.0951. The number of hydrogen-bond acceptors (Lipinski definition) is 6. The fourth-order valence-electron chi connectivity index (χ4n) is 3.42. The van der Waals surface area contributed by atoms with Crippen molar-refractivity contribution < 1.29 is 17.9 Å². The highest BCUT2D eigenvalue weighted by atomic mass is 32.2. The number of halogens is 1. The molecular weight excluding hydrogens is 475 g/mol. The first-order valence-corrected chi connectivity index (χ1v) is 12.1. The second kappa shape index (κ2) is 11.1. The van der Waals surface area contributed by atoms with Gasteiger partial charge in [0, 0.05) is 13.0 Å². The van der Waals surface area contributed by atoms with E-state index in [0.29, 0.717) is 12.1 Å². The monoisotopic (exact) mass is 495 g/mol. The number of rotatable bonds is 9. The van der Waals surface area contributed by atoms with Crippen molar-refractivity contribution in [3.63, 3.8) is 0 Å². The van der Waals surface area contributed by atoms with Gasteiger partial charge in [-0.2, -0.15) is 8.75 Å². The first-order chi connectivity index (χ1) is 16.6. The van der Waals surface area contributed by atoms with Gasteiger partial charge >= 0.3 is 0 Å². The standard InChI is InChI=1S/C24H21FN4O3S2/c25-15-19-11-12-20(24(30)26-16-18-9-5-2-6-10-18)22(14-19)29(34(31)32)23-21(27-33-28-23)13-17-7-3-1-4-8-17/h1-12,14H,13,15-16H2,(H,26,30)(H,31,32)/p-1. The molecule has 0 aliphatic heterocycles. The van der Waals surface area contributed by atoms with Crippen LogP contribution in [0.15, 0.2) is 78.9 Å². The zero-order chi connectivity index (χ0) is 23.9. The van der Waals surface area contributed by atoms with Crippen LogP contribution in [0.4, 0.5) is 15.9 Å². The molecule has 4 rings (SSSR count). The summed E-state index contributed by atoms with van der Waals surface area (Å²) in [5.74, 6) is -0.414. The van der Waals surface area contributed by atoms with E-state index in [9.17, 15) is 17.9 Å². The van der Waals surface area contributed by atoms with Crippen molar-refractivity contribution >= 4 is 40.4 Å². The van der Waals surface area contributed by atoms with E-state index in [0.717, 1.165) is 27.2 Å². The molecule has 0 bridgehead atoms. The highest BCUT2D eigenvalue weighted by molar-refractivity contribution is 7.81. The van der Waals surface area contributed by atoms with Crippen LogP contribution in [-0.4, -0.2) is 23.4 Å². The predicted octanol–water partition coefficient (Wildman–Crippen LogP) is 4.46. The number of hydrogen-bond donors (Lipinski definition) is 1. The smallest absolute Gasteiger partial charge is 0.253 e. The summed E-state index contributed by atoms with van der Waals surface area (Å²) in [7, 11) is 0. The highest BCUT2D eigenvalue weighted by Gasteiger charge is 2.24. The second-order valence-corrected chi connectivity index (χ2v) is 8.69. The summed E-state index contributed by atoms with van der Waals surface area (Å²) in [6.07, 6.45) is 0.346. The lowest BCUT2D eigenvalue weighted by Crippen LogP contribution is -2.28. The molecule has 1 atom stereocenters. The fraction of sp³-hybridized carbons (Fsp3) is 0.125. The molecule has 3 aromatic carbocycles. The minimum absolute atomic E-state index is 0.0102. The predicted molar refractivity (Wildman–Crippen MR) is 129 cm³/mol. The molecule has 0 aliphatic carbocycles. The average Bonchev–Trinajstić information content (AvgIpc) is 3.31. The highest BCUT2D eigenvalue weighted by Crippen LogP contribution is 2.33. The fourth-order valence-corrected chi connectivity index (χ4v) is 4.62. The molecule has 1 amide bonds. The Morgan fingerprint density at radius 3 is 2.29 bits per heavy atom. The number of nitrogens with zero attached hydrogens (tertiary/aromatic N) is 3. The molecule has 1 N–H and O–H groups in total. The van der Waals surface area contributed by atoms with Crippen molar-refractivity contribution in [2.75, 3.05) is 4.31 Å². The van der Waals surface area contributed by atoms with Gasteiger partial charge in [0.1, 0.15) is 12.4 Å². The van der Waals surface area contributed by atoms with Crippen LogP contribution in [0.5, 0.6) is 0 Å². The van der Waals surface area contributed by atoms with Crippen LogP contribution in [0.25, 0.3) is 0 Å². The molecule has 10 heteroatoms. The molecule has 0 spiro atoms. The molecule has 34 heavy (non-hydrogen) atoms. The van der Waals surface area contributed by atoms with Crippen LogP contribution in [0.2, 0.25) is 0 Å². The molecule has 0 saturated heterocycles. The third-order valence-corrected chi connectivity index (χ3v) is 6.29. The van der Waals surface area contributed by atoms with Gasteiger partial charge in [-0.3, -0.25) is 13.3 Å². The van der Waals surface area contributed by atoms with E-state index in [4.69, 9.17) is 0 Å². The maximum atomic E-state index is 13.5. The number of amides is 1. The molecule has 7 nitrogen and oxygen atoms in total. The Morgan fingerprint density at radius 1 is 0.971 bits per heavy atom. The summed E-state index contributed by atoms with van der Waals surface area (Å²) in [5.41, 5.74) is 2.56. The Balaban J connectivity index is 1.70. The van der Waals surface area contributed by atoms with Gasteiger partial charge in [0.05, 0.1) is 34.2 Å². The van der Waals surface area contributed by atoms with E-state index in [1.54, 1.807) is 0 Å². The molecule has 0 radical (unpaired) electrons. The van der Waals surface area contributed by atoms with E-state index in [1.807, 2.05) is 60.7 Å². The van der Waals surface area contributed by atoms with Gasteiger partial charge in [-0.1, -0.05) is 66.7 Å².